The number of nitrogens with zero attached hydrogens (tertiary/aromatic N) is 2. The molecule has 7 nitrogen and oxygen atoms in total. The van der Waals surface area contributed by atoms with Crippen molar-refractivity contribution in [2.75, 3.05) is 25.3 Å². The van der Waals surface area contributed by atoms with Crippen molar-refractivity contribution in [2.45, 2.75) is 64.4 Å². The van der Waals surface area contributed by atoms with E-state index in [-0.39, 0.29) is 18.2 Å². The molecule has 1 N–H and O–H groups in total. The zero-order valence-electron chi connectivity index (χ0n) is 19.2. The van der Waals surface area contributed by atoms with Crippen LogP contribution >= 0.6 is 11.8 Å². The summed E-state index contributed by atoms with van der Waals surface area (Å²) in [7, 11) is 0. The molecule has 4 rings (SSSR count). The third-order valence-electron chi connectivity index (χ3n) is 5.85. The van der Waals surface area contributed by atoms with Gasteiger partial charge in [-0.05, 0) is 58.9 Å². The van der Waals surface area contributed by atoms with E-state index in [1.54, 1.807) is 16.7 Å². The number of ether oxygens (including phenoxy) is 2. The third-order valence-corrected chi connectivity index (χ3v) is 6.19. The Labute approximate surface area is 188 Å². The van der Waals surface area contributed by atoms with Gasteiger partial charge in [0.1, 0.15) is 17.3 Å². The standard InChI is InChI=1S/C23H33N3O4S/c1-22(2,3)30-21(27)26-18(13-28-23(26,4)5)20-19-16(11-12-25(20)29-14-31-6)15-9-7-8-10-17(15)24-19/h7-10,18,20,24H,11-14H2,1-6H3. The zero-order valence-corrected chi connectivity index (χ0v) is 20.0. The molecule has 31 heavy (non-hydrogen) atoms. The van der Waals surface area contributed by atoms with Crippen LogP contribution in [0.1, 0.15) is 51.9 Å². The number of thioether (sulfide) groups is 1. The molecule has 1 aromatic heterocycles. The number of carbonyl (C=O) groups excluding carboxylic acids is 1. The number of carbonyl (C=O) groups is 1. The van der Waals surface area contributed by atoms with Gasteiger partial charge in [-0.3, -0.25) is 9.74 Å². The van der Waals surface area contributed by atoms with E-state index in [1.165, 1.54) is 10.9 Å². The van der Waals surface area contributed by atoms with E-state index in [0.717, 1.165) is 24.2 Å². The van der Waals surface area contributed by atoms with Gasteiger partial charge in [0.25, 0.3) is 0 Å². The number of benzene rings is 1. The van der Waals surface area contributed by atoms with E-state index in [0.29, 0.717) is 12.5 Å². The van der Waals surface area contributed by atoms with Gasteiger partial charge in [-0.15, -0.1) is 11.8 Å². The fourth-order valence-electron chi connectivity index (χ4n) is 4.63. The van der Waals surface area contributed by atoms with Crippen LogP contribution in [-0.4, -0.2) is 63.8 Å². The maximum atomic E-state index is 13.3. The first kappa shape index (κ1) is 22.5. The summed E-state index contributed by atoms with van der Waals surface area (Å²) in [5.41, 5.74) is 2.12. The van der Waals surface area contributed by atoms with Crippen LogP contribution in [0.3, 0.4) is 0 Å². The van der Waals surface area contributed by atoms with Crippen LogP contribution in [0, 0.1) is 0 Å². The minimum atomic E-state index is -0.776. The number of rotatable bonds is 4. The summed E-state index contributed by atoms with van der Waals surface area (Å²) in [4.78, 5) is 24.8. The van der Waals surface area contributed by atoms with Gasteiger partial charge in [0, 0.05) is 23.1 Å². The van der Waals surface area contributed by atoms with Gasteiger partial charge in [0.05, 0.1) is 18.7 Å². The Balaban J connectivity index is 1.77. The van der Waals surface area contributed by atoms with E-state index in [4.69, 9.17) is 14.3 Å². The summed E-state index contributed by atoms with van der Waals surface area (Å²) < 4.78 is 11.9. The molecule has 2 aromatic rings. The molecule has 0 radical (unpaired) electrons. The fraction of sp³-hybridized carbons (Fsp3) is 0.609. The first-order valence-electron chi connectivity index (χ1n) is 10.8. The van der Waals surface area contributed by atoms with Crippen LogP contribution in [0.15, 0.2) is 24.3 Å². The second-order valence-electron chi connectivity index (χ2n) is 9.61. The lowest BCUT2D eigenvalue weighted by atomic mass is 9.93. The van der Waals surface area contributed by atoms with E-state index >= 15 is 0 Å². The van der Waals surface area contributed by atoms with Crippen LogP contribution in [0.4, 0.5) is 4.79 Å². The molecule has 8 heteroatoms. The number of hydrogen-bond donors (Lipinski definition) is 1. The monoisotopic (exact) mass is 447 g/mol. The van der Waals surface area contributed by atoms with E-state index in [1.807, 2.05) is 52.0 Å². The van der Waals surface area contributed by atoms with Crippen LogP contribution in [-0.2, 0) is 20.7 Å². The summed E-state index contributed by atoms with van der Waals surface area (Å²) in [5, 5.41) is 3.25. The van der Waals surface area contributed by atoms with E-state index in [2.05, 4.69) is 23.2 Å². The average Bonchev–Trinajstić information content (AvgIpc) is 3.21. The highest BCUT2D eigenvalue weighted by molar-refractivity contribution is 7.98. The number of aromatic nitrogens is 1. The smallest absolute Gasteiger partial charge is 0.412 e. The Hall–Kier alpha value is -1.74. The predicted molar refractivity (Wildman–Crippen MR) is 123 cm³/mol. The molecule has 2 atom stereocenters. The lowest BCUT2D eigenvalue weighted by Crippen LogP contribution is -2.55. The first-order chi connectivity index (χ1) is 14.6. The Morgan fingerprint density at radius 1 is 1.32 bits per heavy atom. The highest BCUT2D eigenvalue weighted by Crippen LogP contribution is 2.43. The maximum absolute atomic E-state index is 13.3. The van der Waals surface area contributed by atoms with Crippen LogP contribution in [0.25, 0.3) is 10.9 Å². The van der Waals surface area contributed by atoms with E-state index in [9.17, 15) is 4.79 Å². The Kier molecular flexibility index (Phi) is 6.02. The number of H-pyrrole nitrogens is 1. The second-order valence-corrected chi connectivity index (χ2v) is 10.4. The highest BCUT2D eigenvalue weighted by Gasteiger charge is 2.52. The van der Waals surface area contributed by atoms with Crippen molar-refractivity contribution in [3.63, 3.8) is 0 Å². The number of para-hydroxylation sites is 1. The van der Waals surface area contributed by atoms with Gasteiger partial charge in [-0.25, -0.2) is 4.79 Å². The number of hydroxylamine groups is 2. The minimum absolute atomic E-state index is 0.183. The van der Waals surface area contributed by atoms with Crippen molar-refractivity contribution in [2.24, 2.45) is 0 Å². The highest BCUT2D eigenvalue weighted by atomic mass is 32.2. The van der Waals surface area contributed by atoms with Gasteiger partial charge in [-0.1, -0.05) is 18.2 Å². The molecule has 1 aromatic carbocycles. The van der Waals surface area contributed by atoms with Crippen molar-refractivity contribution in [3.05, 3.63) is 35.5 Å². The molecule has 170 valence electrons. The Morgan fingerprint density at radius 3 is 2.77 bits per heavy atom. The van der Waals surface area contributed by atoms with Crippen molar-refractivity contribution < 1.29 is 19.1 Å². The van der Waals surface area contributed by atoms with Crippen molar-refractivity contribution in [1.82, 2.24) is 14.9 Å². The molecular formula is C23H33N3O4S. The molecule has 0 bridgehead atoms. The molecule has 0 aliphatic carbocycles. The second kappa shape index (κ2) is 8.31. The predicted octanol–water partition coefficient (Wildman–Crippen LogP) is 4.69. The lowest BCUT2D eigenvalue weighted by molar-refractivity contribution is -0.188. The maximum Gasteiger partial charge on any atom is 0.412 e. The van der Waals surface area contributed by atoms with Crippen molar-refractivity contribution >= 4 is 28.8 Å². The van der Waals surface area contributed by atoms with Crippen LogP contribution < -0.4 is 0 Å². The zero-order chi connectivity index (χ0) is 22.4. The number of nitrogens with one attached hydrogen (secondary N) is 1. The van der Waals surface area contributed by atoms with Gasteiger partial charge < -0.3 is 14.5 Å². The SMILES string of the molecule is CSCON1CCc2c([nH]c3ccccc23)C1C1COC(C)(C)N1C(=O)OC(C)(C)C. The molecular weight excluding hydrogens is 414 g/mol. The van der Waals surface area contributed by atoms with Crippen LogP contribution in [0.5, 0.6) is 0 Å². The summed E-state index contributed by atoms with van der Waals surface area (Å²) in [6.45, 7) is 10.6. The lowest BCUT2D eigenvalue weighted by Gasteiger charge is -2.42. The summed E-state index contributed by atoms with van der Waals surface area (Å²) in [5.74, 6) is 0.551. The summed E-state index contributed by atoms with van der Waals surface area (Å²) in [6.07, 6.45) is 2.53. The van der Waals surface area contributed by atoms with Gasteiger partial charge in [0.15, 0.2) is 0 Å². The quantitative estimate of drug-likeness (QED) is 0.686. The normalized spacial score (nSPS) is 23.9. The van der Waals surface area contributed by atoms with Gasteiger partial charge in [0.2, 0.25) is 0 Å². The van der Waals surface area contributed by atoms with Gasteiger partial charge >= 0.3 is 6.09 Å². The topological polar surface area (TPSA) is 67.0 Å². The molecule has 1 saturated heterocycles. The largest absolute Gasteiger partial charge is 0.444 e. The third kappa shape index (κ3) is 4.31. The molecule has 3 heterocycles. The van der Waals surface area contributed by atoms with Crippen LogP contribution in [0.2, 0.25) is 0 Å². The van der Waals surface area contributed by atoms with E-state index < -0.39 is 11.3 Å². The first-order valence-corrected chi connectivity index (χ1v) is 12.2. The summed E-state index contributed by atoms with van der Waals surface area (Å²) in [6, 6.07) is 7.92. The molecule has 1 amide bonds. The number of fused-ring (bicyclic) bond motifs is 3. The number of hydrogen-bond acceptors (Lipinski definition) is 6. The molecule has 0 spiro atoms. The Morgan fingerprint density at radius 2 is 2.06 bits per heavy atom. The molecule has 2 unspecified atom stereocenters. The molecule has 2 aliphatic rings. The molecule has 2 aliphatic heterocycles. The summed E-state index contributed by atoms with van der Waals surface area (Å²) >= 11 is 1.63. The minimum Gasteiger partial charge on any atom is -0.444 e. The number of amides is 1. The average molecular weight is 448 g/mol. The molecule has 1 fully saturated rings. The van der Waals surface area contributed by atoms with Crippen molar-refractivity contribution in [1.29, 1.82) is 0 Å². The molecule has 0 saturated carbocycles. The number of aromatic amines is 1. The fourth-order valence-corrected chi connectivity index (χ4v) is 4.87. The van der Waals surface area contributed by atoms with Gasteiger partial charge in [-0.2, -0.15) is 5.06 Å². The van der Waals surface area contributed by atoms with Crippen molar-refractivity contribution in [3.8, 4) is 0 Å². The Bertz CT molecular complexity index is 952.